The minimum absolute atomic E-state index is 0.130. The van der Waals surface area contributed by atoms with Crippen molar-refractivity contribution in [1.82, 2.24) is 4.72 Å². The van der Waals surface area contributed by atoms with Gasteiger partial charge in [0, 0.05) is 0 Å². The van der Waals surface area contributed by atoms with Crippen LogP contribution in [-0.2, 0) is 16.6 Å². The minimum atomic E-state index is -3.56. The van der Waals surface area contributed by atoms with Crippen molar-refractivity contribution in [3.8, 4) is 5.75 Å². The van der Waals surface area contributed by atoms with Crippen molar-refractivity contribution >= 4 is 10.0 Å². The molecule has 0 fully saturated rings. The molecule has 0 saturated carbocycles. The first-order valence-electron chi connectivity index (χ1n) is 7.29. The van der Waals surface area contributed by atoms with Crippen LogP contribution in [0.5, 0.6) is 5.75 Å². The Hall–Kier alpha value is -1.79. The third-order valence-corrected chi connectivity index (χ3v) is 4.55. The Morgan fingerprint density at radius 2 is 1.86 bits per heavy atom. The lowest BCUT2D eigenvalue weighted by molar-refractivity contribution is 0.309. The number of aryl methyl sites for hydroxylation is 1. The van der Waals surface area contributed by atoms with Gasteiger partial charge < -0.3 is 9.15 Å². The van der Waals surface area contributed by atoms with E-state index in [0.29, 0.717) is 18.1 Å². The van der Waals surface area contributed by atoms with Crippen LogP contribution in [0.15, 0.2) is 45.7 Å². The van der Waals surface area contributed by atoms with E-state index in [-0.39, 0.29) is 11.4 Å². The number of hydrogen-bond acceptors (Lipinski definition) is 4. The van der Waals surface area contributed by atoms with Gasteiger partial charge in [0.05, 0.1) is 18.0 Å². The highest BCUT2D eigenvalue weighted by molar-refractivity contribution is 7.89. The first-order valence-corrected chi connectivity index (χ1v) is 8.77. The second-order valence-corrected chi connectivity index (χ2v) is 6.78. The number of furan rings is 1. The van der Waals surface area contributed by atoms with Crippen LogP contribution < -0.4 is 9.46 Å². The molecule has 0 unspecified atom stereocenters. The molecule has 0 spiro atoms. The number of rotatable bonds is 8. The molecule has 0 radical (unpaired) electrons. The summed E-state index contributed by atoms with van der Waals surface area (Å²) < 4.78 is 37.8. The smallest absolute Gasteiger partial charge is 0.240 e. The Labute approximate surface area is 131 Å². The lowest BCUT2D eigenvalue weighted by Gasteiger charge is -2.08. The van der Waals surface area contributed by atoms with E-state index in [4.69, 9.17) is 9.15 Å². The molecule has 2 rings (SSSR count). The lowest BCUT2D eigenvalue weighted by atomic mass is 10.3. The highest BCUT2D eigenvalue weighted by Crippen LogP contribution is 2.17. The summed E-state index contributed by atoms with van der Waals surface area (Å²) >= 11 is 0. The van der Waals surface area contributed by atoms with Gasteiger partial charge in [0.1, 0.15) is 17.3 Å². The Balaban J connectivity index is 1.96. The van der Waals surface area contributed by atoms with E-state index in [2.05, 4.69) is 11.6 Å². The topological polar surface area (TPSA) is 68.5 Å². The van der Waals surface area contributed by atoms with Crippen molar-refractivity contribution < 1.29 is 17.6 Å². The molecule has 1 heterocycles. The van der Waals surface area contributed by atoms with Crippen LogP contribution in [0.1, 0.15) is 31.3 Å². The molecular weight excluding hydrogens is 302 g/mol. The average molecular weight is 323 g/mol. The van der Waals surface area contributed by atoms with Crippen LogP contribution in [-0.4, -0.2) is 15.0 Å². The molecule has 6 heteroatoms. The number of ether oxygens (including phenoxy) is 1. The molecule has 0 atom stereocenters. The van der Waals surface area contributed by atoms with E-state index < -0.39 is 10.0 Å². The summed E-state index contributed by atoms with van der Waals surface area (Å²) in [5.74, 6) is 2.01. The Morgan fingerprint density at radius 1 is 1.14 bits per heavy atom. The molecule has 0 aliphatic heterocycles. The van der Waals surface area contributed by atoms with Crippen molar-refractivity contribution in [1.29, 1.82) is 0 Å². The van der Waals surface area contributed by atoms with Gasteiger partial charge >= 0.3 is 0 Å². The fourth-order valence-electron chi connectivity index (χ4n) is 1.88. The number of hydrogen-bond donors (Lipinski definition) is 1. The van der Waals surface area contributed by atoms with Crippen molar-refractivity contribution in [3.05, 3.63) is 47.9 Å². The molecule has 0 aliphatic rings. The van der Waals surface area contributed by atoms with Crippen LogP contribution in [0.2, 0.25) is 0 Å². The van der Waals surface area contributed by atoms with Gasteiger partial charge in [-0.25, -0.2) is 13.1 Å². The first kappa shape index (κ1) is 16.6. The predicted octanol–water partition coefficient (Wildman–Crippen LogP) is 3.25. The molecular formula is C16H21NO4S. The van der Waals surface area contributed by atoms with Crippen molar-refractivity contribution in [2.75, 3.05) is 6.61 Å². The van der Waals surface area contributed by atoms with Crippen LogP contribution in [0.25, 0.3) is 0 Å². The molecule has 0 saturated heterocycles. The van der Waals surface area contributed by atoms with Gasteiger partial charge in [0.25, 0.3) is 0 Å². The van der Waals surface area contributed by atoms with Gasteiger partial charge in [0.2, 0.25) is 10.0 Å². The zero-order valence-corrected chi connectivity index (χ0v) is 13.7. The number of sulfonamides is 1. The van der Waals surface area contributed by atoms with Crippen molar-refractivity contribution in [2.24, 2.45) is 0 Å². The van der Waals surface area contributed by atoms with Crippen LogP contribution in [0.4, 0.5) is 0 Å². The maximum Gasteiger partial charge on any atom is 0.240 e. The molecule has 5 nitrogen and oxygen atoms in total. The molecule has 120 valence electrons. The standard InChI is InChI=1S/C16H21NO4S/c1-3-4-11-20-14-7-9-16(10-8-14)22(18,19)17-12-15-6-5-13(2)21-15/h5-10,17H,3-4,11-12H2,1-2H3. The van der Waals surface area contributed by atoms with E-state index in [1.165, 1.54) is 12.1 Å². The quantitative estimate of drug-likeness (QED) is 0.757. The summed E-state index contributed by atoms with van der Waals surface area (Å²) in [6.07, 6.45) is 2.03. The van der Waals surface area contributed by atoms with Crippen LogP contribution in [0.3, 0.4) is 0 Å². The average Bonchev–Trinajstić information content (AvgIpc) is 2.92. The van der Waals surface area contributed by atoms with E-state index in [1.54, 1.807) is 24.3 Å². The summed E-state index contributed by atoms with van der Waals surface area (Å²) in [6, 6.07) is 9.96. The lowest BCUT2D eigenvalue weighted by Crippen LogP contribution is -2.22. The van der Waals surface area contributed by atoms with E-state index in [9.17, 15) is 8.42 Å². The number of nitrogens with one attached hydrogen (secondary N) is 1. The van der Waals surface area contributed by atoms with Gasteiger partial charge in [-0.2, -0.15) is 0 Å². The SMILES string of the molecule is CCCCOc1ccc(S(=O)(=O)NCc2ccc(C)o2)cc1. The number of unbranched alkanes of at least 4 members (excludes halogenated alkanes) is 1. The fourth-order valence-corrected chi connectivity index (χ4v) is 2.87. The van der Waals surface area contributed by atoms with Gasteiger partial charge in [-0.15, -0.1) is 0 Å². The van der Waals surface area contributed by atoms with Gasteiger partial charge in [-0.1, -0.05) is 13.3 Å². The predicted molar refractivity (Wildman–Crippen MR) is 84.3 cm³/mol. The summed E-state index contributed by atoms with van der Waals surface area (Å²) in [5.41, 5.74) is 0. The van der Waals surface area contributed by atoms with Crippen LogP contribution >= 0.6 is 0 Å². The third kappa shape index (κ3) is 4.61. The Bertz CT molecular complexity index is 689. The molecule has 0 bridgehead atoms. The van der Waals surface area contributed by atoms with Crippen molar-refractivity contribution in [2.45, 2.75) is 38.1 Å². The molecule has 0 amide bonds. The summed E-state index contributed by atoms with van der Waals surface area (Å²) in [7, 11) is -3.56. The Kier molecular flexibility index (Phi) is 5.63. The van der Waals surface area contributed by atoms with Crippen molar-refractivity contribution in [3.63, 3.8) is 0 Å². The molecule has 0 aliphatic carbocycles. The maximum atomic E-state index is 12.2. The summed E-state index contributed by atoms with van der Waals surface area (Å²) in [6.45, 7) is 4.67. The highest BCUT2D eigenvalue weighted by Gasteiger charge is 2.14. The normalized spacial score (nSPS) is 11.5. The number of benzene rings is 1. The zero-order chi connectivity index (χ0) is 16.0. The van der Waals surface area contributed by atoms with E-state index in [0.717, 1.165) is 18.6 Å². The third-order valence-electron chi connectivity index (χ3n) is 3.13. The molecule has 2 aromatic rings. The molecule has 1 N–H and O–H groups in total. The monoisotopic (exact) mass is 323 g/mol. The zero-order valence-electron chi connectivity index (χ0n) is 12.8. The molecule has 1 aromatic heterocycles. The fraction of sp³-hybridized carbons (Fsp3) is 0.375. The second-order valence-electron chi connectivity index (χ2n) is 5.01. The molecule has 22 heavy (non-hydrogen) atoms. The summed E-state index contributed by atoms with van der Waals surface area (Å²) in [4.78, 5) is 0.207. The second kappa shape index (κ2) is 7.47. The van der Waals surface area contributed by atoms with Gasteiger partial charge in [-0.3, -0.25) is 0 Å². The van der Waals surface area contributed by atoms with Gasteiger partial charge in [0.15, 0.2) is 0 Å². The first-order chi connectivity index (χ1) is 10.5. The minimum Gasteiger partial charge on any atom is -0.494 e. The van der Waals surface area contributed by atoms with Crippen LogP contribution in [0, 0.1) is 6.92 Å². The largest absolute Gasteiger partial charge is 0.494 e. The van der Waals surface area contributed by atoms with Gasteiger partial charge in [-0.05, 0) is 49.7 Å². The Morgan fingerprint density at radius 3 is 2.45 bits per heavy atom. The molecule has 1 aromatic carbocycles. The van der Waals surface area contributed by atoms with E-state index >= 15 is 0 Å². The maximum absolute atomic E-state index is 12.2. The highest BCUT2D eigenvalue weighted by atomic mass is 32.2. The summed E-state index contributed by atoms with van der Waals surface area (Å²) in [5, 5.41) is 0. The van der Waals surface area contributed by atoms with E-state index in [1.807, 2.05) is 6.92 Å².